The molecule has 3 nitrogen and oxygen atoms in total. The van der Waals surface area contributed by atoms with Gasteiger partial charge in [0.2, 0.25) is 0 Å². The zero-order valence-corrected chi connectivity index (χ0v) is 12.8. The Kier molecular flexibility index (Phi) is 6.46. The van der Waals surface area contributed by atoms with Crippen molar-refractivity contribution in [3.05, 3.63) is 23.3 Å². The molecular weight excluding hydrogens is 262 g/mol. The second-order valence-electron chi connectivity index (χ2n) is 4.83. The van der Waals surface area contributed by atoms with E-state index in [1.165, 1.54) is 24.0 Å². The molecule has 1 aromatic carbocycles. The van der Waals surface area contributed by atoms with Gasteiger partial charge in [0.1, 0.15) is 0 Å². The molecule has 1 N–H and O–H groups in total. The molecule has 0 aromatic heterocycles. The Morgan fingerprint density at radius 1 is 1.26 bits per heavy atom. The first-order chi connectivity index (χ1) is 8.80. The van der Waals surface area contributed by atoms with Gasteiger partial charge < -0.3 is 14.8 Å². The Balaban J connectivity index is 0.00000180. The van der Waals surface area contributed by atoms with Crippen molar-refractivity contribution in [3.63, 3.8) is 0 Å². The van der Waals surface area contributed by atoms with Gasteiger partial charge in [0.25, 0.3) is 0 Å². The number of ether oxygens (including phenoxy) is 2. The monoisotopic (exact) mass is 285 g/mol. The van der Waals surface area contributed by atoms with E-state index in [4.69, 9.17) is 9.47 Å². The van der Waals surface area contributed by atoms with Crippen LogP contribution < -0.4 is 14.8 Å². The molecule has 0 amide bonds. The third-order valence-electron chi connectivity index (χ3n) is 3.64. The molecule has 1 aliphatic carbocycles. The molecule has 0 spiro atoms. The van der Waals surface area contributed by atoms with Crippen molar-refractivity contribution < 1.29 is 9.47 Å². The fraction of sp³-hybridized carbons (Fsp3) is 0.600. The van der Waals surface area contributed by atoms with E-state index in [1.54, 1.807) is 14.2 Å². The van der Waals surface area contributed by atoms with Crippen molar-refractivity contribution in [1.29, 1.82) is 0 Å². The van der Waals surface area contributed by atoms with Crippen LogP contribution in [0.25, 0.3) is 0 Å². The van der Waals surface area contributed by atoms with E-state index in [1.807, 2.05) is 6.07 Å². The number of nitrogens with one attached hydrogen (secondary N) is 1. The van der Waals surface area contributed by atoms with Crippen LogP contribution in [0.4, 0.5) is 0 Å². The van der Waals surface area contributed by atoms with E-state index in [2.05, 4.69) is 18.3 Å². The topological polar surface area (TPSA) is 30.5 Å². The number of halogens is 1. The van der Waals surface area contributed by atoms with Crippen molar-refractivity contribution in [2.45, 2.75) is 38.6 Å². The largest absolute Gasteiger partial charge is 0.493 e. The highest BCUT2D eigenvalue weighted by molar-refractivity contribution is 5.85. The third kappa shape index (κ3) is 3.54. The number of rotatable bonds is 5. The predicted molar refractivity (Wildman–Crippen MR) is 80.9 cm³/mol. The summed E-state index contributed by atoms with van der Waals surface area (Å²) in [5.41, 5.74) is 2.72. The van der Waals surface area contributed by atoms with Gasteiger partial charge in [-0.15, -0.1) is 12.4 Å². The Labute approximate surface area is 122 Å². The molecule has 0 heterocycles. The maximum atomic E-state index is 5.51. The van der Waals surface area contributed by atoms with Crippen molar-refractivity contribution in [3.8, 4) is 11.5 Å². The summed E-state index contributed by atoms with van der Waals surface area (Å²) in [7, 11) is 3.41. The summed E-state index contributed by atoms with van der Waals surface area (Å²) in [6, 6.07) is 4.80. The second kappa shape index (κ2) is 7.61. The first kappa shape index (κ1) is 16.1. The lowest BCUT2D eigenvalue weighted by Crippen LogP contribution is -2.35. The molecule has 0 saturated heterocycles. The first-order valence-electron chi connectivity index (χ1n) is 6.76. The van der Waals surface area contributed by atoms with E-state index in [0.717, 1.165) is 30.9 Å². The van der Waals surface area contributed by atoms with Crippen molar-refractivity contribution in [2.24, 2.45) is 0 Å². The molecule has 0 radical (unpaired) electrons. The molecule has 0 bridgehead atoms. The van der Waals surface area contributed by atoms with Gasteiger partial charge in [-0.1, -0.05) is 13.0 Å². The Morgan fingerprint density at radius 2 is 2.05 bits per heavy atom. The maximum absolute atomic E-state index is 5.51. The molecule has 0 unspecified atom stereocenters. The van der Waals surface area contributed by atoms with Crippen molar-refractivity contribution in [2.75, 3.05) is 20.8 Å². The fourth-order valence-corrected chi connectivity index (χ4v) is 2.71. The lowest BCUT2D eigenvalue weighted by Gasteiger charge is -2.27. The summed E-state index contributed by atoms with van der Waals surface area (Å²) < 4.78 is 10.9. The minimum Gasteiger partial charge on any atom is -0.493 e. The summed E-state index contributed by atoms with van der Waals surface area (Å²) in [6.07, 6.45) is 4.53. The number of fused-ring (bicyclic) bond motifs is 1. The summed E-state index contributed by atoms with van der Waals surface area (Å²) in [5, 5.41) is 3.61. The van der Waals surface area contributed by atoms with Gasteiger partial charge in [-0.25, -0.2) is 0 Å². The van der Waals surface area contributed by atoms with Gasteiger partial charge >= 0.3 is 0 Å². The average Bonchev–Trinajstić information content (AvgIpc) is 2.43. The fourth-order valence-electron chi connectivity index (χ4n) is 2.71. The summed E-state index contributed by atoms with van der Waals surface area (Å²) in [6.45, 7) is 3.31. The molecule has 0 saturated carbocycles. The van der Waals surface area contributed by atoms with Crippen molar-refractivity contribution >= 4 is 12.4 Å². The molecule has 0 fully saturated rings. The molecule has 1 aromatic rings. The quantitative estimate of drug-likeness (QED) is 0.902. The maximum Gasteiger partial charge on any atom is 0.164 e. The minimum absolute atomic E-state index is 0. The number of hydrogen-bond acceptors (Lipinski definition) is 3. The van der Waals surface area contributed by atoms with E-state index in [9.17, 15) is 0 Å². The number of methoxy groups -OCH3 is 2. The van der Waals surface area contributed by atoms with E-state index in [-0.39, 0.29) is 12.4 Å². The van der Waals surface area contributed by atoms with Crippen LogP contribution in [0.2, 0.25) is 0 Å². The molecule has 108 valence electrons. The van der Waals surface area contributed by atoms with E-state index < -0.39 is 0 Å². The molecule has 0 aliphatic heterocycles. The zero-order chi connectivity index (χ0) is 13.0. The molecule has 1 atom stereocenters. The summed E-state index contributed by atoms with van der Waals surface area (Å²) in [5.74, 6) is 1.76. The van der Waals surface area contributed by atoms with Crippen LogP contribution in [-0.4, -0.2) is 26.8 Å². The SMILES string of the molecule is CCCN[C@H]1CCc2c(ccc(OC)c2OC)C1.Cl. The Hall–Kier alpha value is -0.930. The van der Waals surface area contributed by atoms with Crippen LogP contribution in [0.5, 0.6) is 11.5 Å². The second-order valence-corrected chi connectivity index (χ2v) is 4.83. The number of hydrogen-bond donors (Lipinski definition) is 1. The van der Waals surface area contributed by atoms with Gasteiger partial charge in [-0.3, -0.25) is 0 Å². The molecule has 1 aliphatic rings. The van der Waals surface area contributed by atoms with E-state index >= 15 is 0 Å². The van der Waals surface area contributed by atoms with Gasteiger partial charge in [0, 0.05) is 11.6 Å². The Morgan fingerprint density at radius 3 is 2.68 bits per heavy atom. The highest BCUT2D eigenvalue weighted by atomic mass is 35.5. The first-order valence-corrected chi connectivity index (χ1v) is 6.76. The standard InChI is InChI=1S/C15H23NO2.ClH/c1-4-9-16-12-6-7-13-11(10-12)5-8-14(17-2)15(13)18-3;/h5,8,12,16H,4,6-7,9-10H2,1-3H3;1H/t12-;/m0./s1. The van der Waals surface area contributed by atoms with E-state index in [0.29, 0.717) is 6.04 Å². The lowest BCUT2D eigenvalue weighted by molar-refractivity contribution is 0.346. The molecule has 2 rings (SSSR count). The van der Waals surface area contributed by atoms with Crippen LogP contribution in [0.1, 0.15) is 30.9 Å². The molecular formula is C15H24ClNO2. The van der Waals surface area contributed by atoms with Gasteiger partial charge in [0.15, 0.2) is 11.5 Å². The van der Waals surface area contributed by atoms with Crippen LogP contribution >= 0.6 is 12.4 Å². The van der Waals surface area contributed by atoms with Crippen LogP contribution in [-0.2, 0) is 12.8 Å². The van der Waals surface area contributed by atoms with Crippen molar-refractivity contribution in [1.82, 2.24) is 5.32 Å². The van der Waals surface area contributed by atoms with Crippen LogP contribution in [0.15, 0.2) is 12.1 Å². The van der Waals surface area contributed by atoms with Gasteiger partial charge in [-0.05, 0) is 43.9 Å². The molecule has 4 heteroatoms. The number of benzene rings is 1. The third-order valence-corrected chi connectivity index (χ3v) is 3.64. The van der Waals surface area contributed by atoms with Crippen LogP contribution in [0, 0.1) is 0 Å². The molecule has 19 heavy (non-hydrogen) atoms. The normalized spacial score (nSPS) is 17.3. The summed E-state index contributed by atoms with van der Waals surface area (Å²) in [4.78, 5) is 0. The smallest absolute Gasteiger partial charge is 0.164 e. The van der Waals surface area contributed by atoms with Gasteiger partial charge in [-0.2, -0.15) is 0 Å². The average molecular weight is 286 g/mol. The Bertz CT molecular complexity index is 409. The highest BCUT2D eigenvalue weighted by Crippen LogP contribution is 2.37. The zero-order valence-electron chi connectivity index (χ0n) is 12.0. The van der Waals surface area contributed by atoms with Crippen LogP contribution in [0.3, 0.4) is 0 Å². The lowest BCUT2D eigenvalue weighted by atomic mass is 9.87. The summed E-state index contributed by atoms with van der Waals surface area (Å²) >= 11 is 0. The minimum atomic E-state index is 0. The van der Waals surface area contributed by atoms with Gasteiger partial charge in [0.05, 0.1) is 14.2 Å². The predicted octanol–water partition coefficient (Wildman–Crippen LogP) is 2.98. The highest BCUT2D eigenvalue weighted by Gasteiger charge is 2.22.